The third-order valence-electron chi connectivity index (χ3n) is 2.59. The van der Waals surface area contributed by atoms with Crippen LogP contribution in [0.1, 0.15) is 28.5 Å². The SMILES string of the molecule is Cc1csc(C(N)CCc2ccsc2)c1Cl. The van der Waals surface area contributed by atoms with Gasteiger partial charge in [-0.25, -0.2) is 0 Å². The van der Waals surface area contributed by atoms with Gasteiger partial charge in [0.05, 0.1) is 5.02 Å². The number of hydrogen-bond acceptors (Lipinski definition) is 3. The van der Waals surface area contributed by atoms with Crippen LogP contribution in [0, 0.1) is 6.92 Å². The smallest absolute Gasteiger partial charge is 0.0590 e. The normalized spacial score (nSPS) is 12.9. The van der Waals surface area contributed by atoms with Gasteiger partial charge in [0.2, 0.25) is 0 Å². The van der Waals surface area contributed by atoms with Crippen LogP contribution < -0.4 is 5.73 Å². The van der Waals surface area contributed by atoms with Gasteiger partial charge < -0.3 is 5.73 Å². The van der Waals surface area contributed by atoms with Crippen molar-refractivity contribution in [3.05, 3.63) is 43.2 Å². The van der Waals surface area contributed by atoms with Crippen molar-refractivity contribution in [2.24, 2.45) is 5.73 Å². The standard InChI is InChI=1S/C12H14ClNS2/c1-8-6-16-12(11(8)13)10(14)3-2-9-4-5-15-7-9/h4-7,10H,2-3,14H2,1H3. The summed E-state index contributed by atoms with van der Waals surface area (Å²) in [5, 5.41) is 7.20. The molecule has 2 rings (SSSR count). The van der Waals surface area contributed by atoms with Crippen molar-refractivity contribution in [1.82, 2.24) is 0 Å². The molecule has 0 aliphatic heterocycles. The van der Waals surface area contributed by atoms with Crippen LogP contribution in [-0.4, -0.2) is 0 Å². The molecule has 0 amide bonds. The van der Waals surface area contributed by atoms with Crippen molar-refractivity contribution in [3.8, 4) is 0 Å². The molecular weight excluding hydrogens is 258 g/mol. The summed E-state index contributed by atoms with van der Waals surface area (Å²) in [6, 6.07) is 2.21. The van der Waals surface area contributed by atoms with Gasteiger partial charge in [-0.1, -0.05) is 11.6 Å². The lowest BCUT2D eigenvalue weighted by Gasteiger charge is -2.09. The second kappa shape index (κ2) is 5.32. The zero-order valence-electron chi connectivity index (χ0n) is 9.07. The van der Waals surface area contributed by atoms with E-state index in [9.17, 15) is 0 Å². The first-order valence-electron chi connectivity index (χ1n) is 5.18. The Morgan fingerprint density at radius 2 is 2.25 bits per heavy atom. The molecule has 0 aromatic carbocycles. The maximum Gasteiger partial charge on any atom is 0.0590 e. The van der Waals surface area contributed by atoms with Crippen LogP contribution in [0.5, 0.6) is 0 Å². The van der Waals surface area contributed by atoms with Crippen LogP contribution in [0.4, 0.5) is 0 Å². The van der Waals surface area contributed by atoms with E-state index >= 15 is 0 Å². The molecule has 0 fully saturated rings. The van der Waals surface area contributed by atoms with Gasteiger partial charge in [0.25, 0.3) is 0 Å². The summed E-state index contributed by atoms with van der Waals surface area (Å²) in [5.74, 6) is 0. The molecule has 0 saturated carbocycles. The molecule has 0 bridgehead atoms. The fraction of sp³-hybridized carbons (Fsp3) is 0.333. The monoisotopic (exact) mass is 271 g/mol. The molecule has 0 aliphatic rings. The average Bonchev–Trinajstić information content (AvgIpc) is 2.88. The number of hydrogen-bond donors (Lipinski definition) is 1. The first kappa shape index (κ1) is 12.1. The lowest BCUT2D eigenvalue weighted by atomic mass is 10.1. The maximum absolute atomic E-state index is 6.20. The van der Waals surface area contributed by atoms with E-state index in [2.05, 4.69) is 22.2 Å². The average molecular weight is 272 g/mol. The highest BCUT2D eigenvalue weighted by Crippen LogP contribution is 2.33. The zero-order valence-corrected chi connectivity index (χ0v) is 11.5. The Labute approximate surface area is 109 Å². The molecule has 4 heteroatoms. The molecule has 86 valence electrons. The first-order chi connectivity index (χ1) is 7.68. The largest absolute Gasteiger partial charge is 0.323 e. The van der Waals surface area contributed by atoms with E-state index in [1.54, 1.807) is 22.7 Å². The van der Waals surface area contributed by atoms with Crippen LogP contribution in [0.25, 0.3) is 0 Å². The van der Waals surface area contributed by atoms with Crippen molar-refractivity contribution in [1.29, 1.82) is 0 Å². The first-order valence-corrected chi connectivity index (χ1v) is 7.38. The highest BCUT2D eigenvalue weighted by molar-refractivity contribution is 7.10. The summed E-state index contributed by atoms with van der Waals surface area (Å²) in [4.78, 5) is 1.12. The van der Waals surface area contributed by atoms with Crippen LogP contribution in [0.15, 0.2) is 22.2 Å². The highest BCUT2D eigenvalue weighted by atomic mass is 35.5. The number of nitrogens with two attached hydrogens (primary N) is 1. The van der Waals surface area contributed by atoms with Crippen LogP contribution in [0.3, 0.4) is 0 Å². The van der Waals surface area contributed by atoms with E-state index in [4.69, 9.17) is 17.3 Å². The molecule has 2 heterocycles. The molecule has 2 aromatic heterocycles. The Balaban J connectivity index is 1.98. The third-order valence-corrected chi connectivity index (χ3v) is 5.16. The molecule has 2 N–H and O–H groups in total. The predicted molar refractivity (Wildman–Crippen MR) is 73.6 cm³/mol. The van der Waals surface area contributed by atoms with Crippen molar-refractivity contribution < 1.29 is 0 Å². The molecular formula is C12H14ClNS2. The van der Waals surface area contributed by atoms with Gasteiger partial charge in [0.1, 0.15) is 0 Å². The maximum atomic E-state index is 6.20. The fourth-order valence-electron chi connectivity index (χ4n) is 1.59. The van der Waals surface area contributed by atoms with Crippen molar-refractivity contribution in [2.45, 2.75) is 25.8 Å². The molecule has 0 radical (unpaired) electrons. The molecule has 1 unspecified atom stereocenters. The summed E-state index contributed by atoms with van der Waals surface area (Å²) in [7, 11) is 0. The van der Waals surface area contributed by atoms with Crippen LogP contribution in [0.2, 0.25) is 5.02 Å². The van der Waals surface area contributed by atoms with E-state index in [1.165, 1.54) is 5.56 Å². The van der Waals surface area contributed by atoms with Gasteiger partial charge in [-0.2, -0.15) is 11.3 Å². The fourth-order valence-corrected chi connectivity index (χ4v) is 3.66. The van der Waals surface area contributed by atoms with E-state index in [1.807, 2.05) is 6.92 Å². The molecule has 16 heavy (non-hydrogen) atoms. The Morgan fingerprint density at radius 3 is 2.81 bits per heavy atom. The molecule has 0 spiro atoms. The Bertz CT molecular complexity index is 448. The molecule has 0 aliphatic carbocycles. The topological polar surface area (TPSA) is 26.0 Å². The Kier molecular flexibility index (Phi) is 4.03. The van der Waals surface area contributed by atoms with E-state index in [0.717, 1.165) is 28.3 Å². The minimum absolute atomic E-state index is 0.0612. The highest BCUT2D eigenvalue weighted by Gasteiger charge is 2.14. The summed E-state index contributed by atoms with van der Waals surface area (Å²) >= 11 is 9.59. The lowest BCUT2D eigenvalue weighted by molar-refractivity contribution is 0.663. The Hall–Kier alpha value is -0.350. The summed E-state index contributed by atoms with van der Waals surface area (Å²) < 4.78 is 0. The van der Waals surface area contributed by atoms with Gasteiger partial charge in [0.15, 0.2) is 0 Å². The molecule has 1 atom stereocenters. The molecule has 0 saturated heterocycles. The minimum atomic E-state index is 0.0612. The summed E-state index contributed by atoms with van der Waals surface area (Å²) in [6.45, 7) is 2.02. The summed E-state index contributed by atoms with van der Waals surface area (Å²) in [6.07, 6.45) is 1.98. The quantitative estimate of drug-likeness (QED) is 0.876. The molecule has 2 aromatic rings. The summed E-state index contributed by atoms with van der Waals surface area (Å²) in [5.41, 5.74) is 8.65. The zero-order chi connectivity index (χ0) is 11.5. The lowest BCUT2D eigenvalue weighted by Crippen LogP contribution is -2.10. The number of aryl methyl sites for hydroxylation is 2. The van der Waals surface area contributed by atoms with E-state index in [-0.39, 0.29) is 6.04 Å². The minimum Gasteiger partial charge on any atom is -0.323 e. The third kappa shape index (κ3) is 2.66. The van der Waals surface area contributed by atoms with E-state index < -0.39 is 0 Å². The van der Waals surface area contributed by atoms with Crippen LogP contribution >= 0.6 is 34.3 Å². The van der Waals surface area contributed by atoms with Gasteiger partial charge in [0, 0.05) is 10.9 Å². The number of rotatable bonds is 4. The Morgan fingerprint density at radius 1 is 1.44 bits per heavy atom. The van der Waals surface area contributed by atoms with E-state index in [0.29, 0.717) is 0 Å². The number of thiophene rings is 2. The van der Waals surface area contributed by atoms with Crippen LogP contribution in [-0.2, 0) is 6.42 Å². The van der Waals surface area contributed by atoms with Gasteiger partial charge in [-0.05, 0) is 53.1 Å². The van der Waals surface area contributed by atoms with Gasteiger partial charge in [-0.3, -0.25) is 0 Å². The van der Waals surface area contributed by atoms with Gasteiger partial charge in [-0.15, -0.1) is 11.3 Å². The predicted octanol–water partition coefficient (Wildman–Crippen LogP) is 4.40. The van der Waals surface area contributed by atoms with Crippen molar-refractivity contribution >= 4 is 34.3 Å². The molecule has 1 nitrogen and oxygen atoms in total. The van der Waals surface area contributed by atoms with Gasteiger partial charge >= 0.3 is 0 Å². The van der Waals surface area contributed by atoms with Crippen molar-refractivity contribution in [2.75, 3.05) is 0 Å². The second-order valence-electron chi connectivity index (χ2n) is 3.87. The number of halogens is 1. The second-order valence-corrected chi connectivity index (χ2v) is 5.94. The van der Waals surface area contributed by atoms with Crippen molar-refractivity contribution in [3.63, 3.8) is 0 Å².